The Kier molecular flexibility index (Phi) is 2.77. The number of nitrogens with zero attached hydrogens (tertiary/aromatic N) is 1. The lowest BCUT2D eigenvalue weighted by Crippen LogP contribution is -2.07. The van der Waals surface area contributed by atoms with Gasteiger partial charge in [-0.25, -0.2) is 0 Å². The minimum absolute atomic E-state index is 0.130. The molecule has 1 aliphatic carbocycles. The Morgan fingerprint density at radius 2 is 1.88 bits per heavy atom. The smallest absolute Gasteiger partial charge is 0.211 e. The van der Waals surface area contributed by atoms with Crippen LogP contribution in [0.5, 0.6) is 0 Å². The molecule has 0 atom stereocenters. The second kappa shape index (κ2) is 4.08. The monoisotopic (exact) mass is 217 g/mol. The van der Waals surface area contributed by atoms with Crippen molar-refractivity contribution in [3.05, 3.63) is 34.4 Å². The molecule has 3 nitrogen and oxygen atoms in total. The van der Waals surface area contributed by atoms with Crippen LogP contribution in [0, 0.1) is 0 Å². The standard InChI is InChI=1S/C13H15NO2/c1-3-8-5-10-7-12(14-16)13(15)11(10)6-9(8)4-2/h5-6,16H,3-4,7H2,1-2H3/b14-12-. The Bertz CT molecular complexity index is 475. The highest BCUT2D eigenvalue weighted by molar-refractivity contribution is 6.49. The topological polar surface area (TPSA) is 49.7 Å². The van der Waals surface area contributed by atoms with Crippen LogP contribution in [0.25, 0.3) is 0 Å². The molecule has 3 heteroatoms. The zero-order valence-corrected chi connectivity index (χ0v) is 9.58. The van der Waals surface area contributed by atoms with Gasteiger partial charge < -0.3 is 5.21 Å². The molecule has 0 bridgehead atoms. The number of hydrogen-bond donors (Lipinski definition) is 1. The number of hydrogen-bond acceptors (Lipinski definition) is 3. The molecule has 16 heavy (non-hydrogen) atoms. The number of rotatable bonds is 2. The van der Waals surface area contributed by atoms with E-state index in [2.05, 4.69) is 25.1 Å². The third-order valence-electron chi connectivity index (χ3n) is 3.17. The second-order valence-corrected chi connectivity index (χ2v) is 4.04. The van der Waals surface area contributed by atoms with E-state index in [1.54, 1.807) is 0 Å². The highest BCUT2D eigenvalue weighted by Crippen LogP contribution is 2.25. The zero-order chi connectivity index (χ0) is 11.7. The van der Waals surface area contributed by atoms with E-state index in [9.17, 15) is 4.79 Å². The highest BCUT2D eigenvalue weighted by Gasteiger charge is 2.27. The number of fused-ring (bicyclic) bond motifs is 1. The Morgan fingerprint density at radius 3 is 2.44 bits per heavy atom. The van der Waals surface area contributed by atoms with Gasteiger partial charge in [-0.1, -0.05) is 25.1 Å². The van der Waals surface area contributed by atoms with E-state index in [0.29, 0.717) is 12.0 Å². The first-order chi connectivity index (χ1) is 7.71. The Balaban J connectivity index is 2.55. The van der Waals surface area contributed by atoms with Gasteiger partial charge in [-0.2, -0.15) is 0 Å². The van der Waals surface area contributed by atoms with Crippen LogP contribution >= 0.6 is 0 Å². The van der Waals surface area contributed by atoms with Gasteiger partial charge in [-0.05, 0) is 35.6 Å². The summed E-state index contributed by atoms with van der Waals surface area (Å²) in [5.41, 5.74) is 4.46. The molecule has 0 heterocycles. The lowest BCUT2D eigenvalue weighted by Gasteiger charge is -2.08. The number of carbonyl (C=O) groups excluding carboxylic acids is 1. The summed E-state index contributed by atoms with van der Waals surface area (Å²) in [6.07, 6.45) is 2.35. The molecule has 0 spiro atoms. The van der Waals surface area contributed by atoms with Gasteiger partial charge in [-0.3, -0.25) is 4.79 Å². The van der Waals surface area contributed by atoms with Gasteiger partial charge in [0.25, 0.3) is 0 Å². The van der Waals surface area contributed by atoms with Gasteiger partial charge >= 0.3 is 0 Å². The van der Waals surface area contributed by atoms with Crippen molar-refractivity contribution in [2.75, 3.05) is 0 Å². The van der Waals surface area contributed by atoms with E-state index < -0.39 is 0 Å². The van der Waals surface area contributed by atoms with Crippen molar-refractivity contribution in [1.29, 1.82) is 0 Å². The molecule has 0 amide bonds. The van der Waals surface area contributed by atoms with Gasteiger partial charge in [0.2, 0.25) is 5.78 Å². The number of carbonyl (C=O) groups is 1. The van der Waals surface area contributed by atoms with E-state index in [-0.39, 0.29) is 11.5 Å². The predicted octanol–water partition coefficient (Wildman–Crippen LogP) is 2.38. The second-order valence-electron chi connectivity index (χ2n) is 4.04. The number of ketones is 1. The fourth-order valence-electron chi connectivity index (χ4n) is 2.25. The number of aryl methyl sites for hydroxylation is 2. The van der Waals surface area contributed by atoms with Crippen LogP contribution in [0.3, 0.4) is 0 Å². The number of oxime groups is 1. The summed E-state index contributed by atoms with van der Waals surface area (Å²) in [7, 11) is 0. The van der Waals surface area contributed by atoms with Crippen LogP contribution in [0.4, 0.5) is 0 Å². The average Bonchev–Trinajstić information content (AvgIpc) is 2.63. The molecule has 2 rings (SSSR count). The van der Waals surface area contributed by atoms with Crippen molar-refractivity contribution in [2.24, 2.45) is 5.16 Å². The quantitative estimate of drug-likeness (QED) is 0.610. The largest absolute Gasteiger partial charge is 0.411 e. The lowest BCUT2D eigenvalue weighted by atomic mass is 9.97. The minimum atomic E-state index is -0.130. The van der Waals surface area contributed by atoms with E-state index in [1.807, 2.05) is 6.07 Å². The van der Waals surface area contributed by atoms with Gasteiger partial charge in [0.1, 0.15) is 5.71 Å². The first-order valence-corrected chi connectivity index (χ1v) is 5.61. The highest BCUT2D eigenvalue weighted by atomic mass is 16.4. The maximum Gasteiger partial charge on any atom is 0.211 e. The summed E-state index contributed by atoms with van der Waals surface area (Å²) in [5, 5.41) is 11.8. The van der Waals surface area contributed by atoms with Gasteiger partial charge in [0.05, 0.1) is 0 Å². The molecule has 1 aliphatic rings. The Hall–Kier alpha value is -1.64. The maximum atomic E-state index is 11.8. The third kappa shape index (κ3) is 1.52. The molecular formula is C13H15NO2. The Labute approximate surface area is 94.8 Å². The van der Waals surface area contributed by atoms with Crippen LogP contribution in [-0.2, 0) is 19.3 Å². The predicted molar refractivity (Wildman–Crippen MR) is 62.5 cm³/mol. The van der Waals surface area contributed by atoms with Crippen molar-refractivity contribution in [2.45, 2.75) is 33.1 Å². The molecule has 84 valence electrons. The van der Waals surface area contributed by atoms with Crippen LogP contribution in [0.1, 0.15) is 40.9 Å². The first-order valence-electron chi connectivity index (χ1n) is 5.61. The summed E-state index contributed by atoms with van der Waals surface area (Å²) in [4.78, 5) is 11.8. The van der Waals surface area contributed by atoms with Crippen molar-refractivity contribution >= 4 is 11.5 Å². The molecule has 0 unspecified atom stereocenters. The van der Waals surface area contributed by atoms with Gasteiger partial charge in [-0.15, -0.1) is 0 Å². The maximum absolute atomic E-state index is 11.8. The van der Waals surface area contributed by atoms with Crippen LogP contribution in [-0.4, -0.2) is 16.7 Å². The van der Waals surface area contributed by atoms with Gasteiger partial charge in [0, 0.05) is 12.0 Å². The molecule has 0 saturated heterocycles. The number of Topliss-reactive ketones (excluding diaryl/α,β-unsaturated/α-hetero) is 1. The van der Waals surface area contributed by atoms with Crippen molar-refractivity contribution in [3.8, 4) is 0 Å². The summed E-state index contributed by atoms with van der Waals surface area (Å²) in [6, 6.07) is 4.03. The summed E-state index contributed by atoms with van der Waals surface area (Å²) < 4.78 is 0. The molecule has 0 fully saturated rings. The van der Waals surface area contributed by atoms with Crippen molar-refractivity contribution < 1.29 is 10.0 Å². The Morgan fingerprint density at radius 1 is 1.25 bits per heavy atom. The summed E-state index contributed by atoms with van der Waals surface area (Å²) in [5.74, 6) is -0.130. The lowest BCUT2D eigenvalue weighted by molar-refractivity contribution is 0.106. The van der Waals surface area contributed by atoms with E-state index in [4.69, 9.17) is 5.21 Å². The summed E-state index contributed by atoms with van der Waals surface area (Å²) in [6.45, 7) is 4.19. The van der Waals surface area contributed by atoms with Gasteiger partial charge in [0.15, 0.2) is 0 Å². The normalized spacial score (nSPS) is 16.9. The van der Waals surface area contributed by atoms with E-state index >= 15 is 0 Å². The fraction of sp³-hybridized carbons (Fsp3) is 0.385. The molecule has 0 aliphatic heterocycles. The van der Waals surface area contributed by atoms with Crippen LogP contribution < -0.4 is 0 Å². The molecule has 0 radical (unpaired) electrons. The molecular weight excluding hydrogens is 202 g/mol. The van der Waals surface area contributed by atoms with Crippen molar-refractivity contribution in [1.82, 2.24) is 0 Å². The SMILES string of the molecule is CCc1cc2c(cc1CC)C(=O)/C(=N\O)C2. The zero-order valence-electron chi connectivity index (χ0n) is 9.58. The molecule has 1 aromatic carbocycles. The molecule has 1 N–H and O–H groups in total. The van der Waals surface area contributed by atoms with E-state index in [1.165, 1.54) is 11.1 Å². The van der Waals surface area contributed by atoms with Crippen molar-refractivity contribution in [3.63, 3.8) is 0 Å². The van der Waals surface area contributed by atoms with Crippen LogP contribution in [0.2, 0.25) is 0 Å². The first kappa shape index (κ1) is 10.9. The average molecular weight is 217 g/mol. The third-order valence-corrected chi connectivity index (χ3v) is 3.17. The minimum Gasteiger partial charge on any atom is -0.411 e. The van der Waals surface area contributed by atoms with E-state index in [0.717, 1.165) is 18.4 Å². The summed E-state index contributed by atoms with van der Waals surface area (Å²) >= 11 is 0. The molecule has 0 saturated carbocycles. The molecule has 1 aromatic rings. The fourth-order valence-corrected chi connectivity index (χ4v) is 2.25. The van der Waals surface area contributed by atoms with Crippen LogP contribution in [0.15, 0.2) is 17.3 Å². The molecule has 0 aromatic heterocycles. The number of benzene rings is 1.